The molecule has 0 saturated carbocycles. The smallest absolute Gasteiger partial charge is 0.155 e. The maximum atomic E-state index is 10.8. The second-order valence-electron chi connectivity index (χ2n) is 2.56. The number of hydrogen-bond donors (Lipinski definition) is 0. The second-order valence-corrected chi connectivity index (χ2v) is 2.56. The summed E-state index contributed by atoms with van der Waals surface area (Å²) >= 11 is 0. The van der Waals surface area contributed by atoms with Gasteiger partial charge in [-0.3, -0.25) is 4.79 Å². The lowest BCUT2D eigenvalue weighted by Gasteiger charge is -1.94. The van der Waals surface area contributed by atoms with Crippen LogP contribution in [0.5, 0.6) is 0 Å². The van der Waals surface area contributed by atoms with E-state index in [-0.39, 0.29) is 5.78 Å². The van der Waals surface area contributed by atoms with Crippen molar-refractivity contribution in [1.82, 2.24) is 0 Å². The van der Waals surface area contributed by atoms with E-state index in [9.17, 15) is 4.79 Å². The predicted octanol–water partition coefficient (Wildman–Crippen LogP) is 2.71. The Morgan fingerprint density at radius 3 is 2.40 bits per heavy atom. The van der Waals surface area contributed by atoms with Crippen LogP contribution in [0, 0.1) is 0 Å². The monoisotopic (exact) mass is 140 g/mol. The second kappa shape index (κ2) is 5.21. The summed E-state index contributed by atoms with van der Waals surface area (Å²) in [4.78, 5) is 10.8. The summed E-state index contributed by atoms with van der Waals surface area (Å²) in [7, 11) is 0. The lowest BCUT2D eigenvalue weighted by Crippen LogP contribution is -1.89. The van der Waals surface area contributed by atoms with Gasteiger partial charge in [0.25, 0.3) is 0 Å². The first kappa shape index (κ1) is 9.41. The van der Waals surface area contributed by atoms with E-state index >= 15 is 0 Å². The molecule has 0 bridgehead atoms. The molecule has 0 aliphatic rings. The van der Waals surface area contributed by atoms with Crippen molar-refractivity contribution >= 4 is 5.78 Å². The molecule has 0 aliphatic heterocycles. The van der Waals surface area contributed by atoms with Crippen LogP contribution in [0.3, 0.4) is 0 Å². The molecule has 0 aromatic carbocycles. The summed E-state index contributed by atoms with van der Waals surface area (Å²) in [5.41, 5.74) is 1.20. The minimum absolute atomic E-state index is 0.242. The third-order valence-corrected chi connectivity index (χ3v) is 1.40. The van der Waals surface area contributed by atoms with Crippen molar-refractivity contribution in [1.29, 1.82) is 0 Å². The summed E-state index contributed by atoms with van der Waals surface area (Å²) in [6.07, 6.45) is 4.55. The number of rotatable bonds is 4. The Morgan fingerprint density at radius 2 is 2.00 bits per heavy atom. The molecule has 0 heterocycles. The fourth-order valence-corrected chi connectivity index (χ4v) is 0.843. The molecule has 0 spiro atoms. The van der Waals surface area contributed by atoms with E-state index in [1.54, 1.807) is 6.08 Å². The molecule has 0 fully saturated rings. The molecule has 0 N–H and O–H groups in total. The minimum Gasteiger partial charge on any atom is -0.295 e. The van der Waals surface area contributed by atoms with Crippen LogP contribution < -0.4 is 0 Å². The molecule has 0 saturated heterocycles. The van der Waals surface area contributed by atoms with E-state index in [0.717, 1.165) is 12.8 Å². The van der Waals surface area contributed by atoms with Gasteiger partial charge in [-0.2, -0.15) is 0 Å². The van der Waals surface area contributed by atoms with E-state index in [1.165, 1.54) is 5.57 Å². The van der Waals surface area contributed by atoms with Gasteiger partial charge in [0, 0.05) is 6.42 Å². The number of ketones is 1. The van der Waals surface area contributed by atoms with Crippen LogP contribution in [0.25, 0.3) is 0 Å². The minimum atomic E-state index is 0.242. The van der Waals surface area contributed by atoms with Gasteiger partial charge in [-0.15, -0.1) is 0 Å². The highest BCUT2D eigenvalue weighted by Crippen LogP contribution is 2.03. The molecule has 0 atom stereocenters. The molecule has 0 radical (unpaired) electrons. The van der Waals surface area contributed by atoms with Crippen LogP contribution in [0.1, 0.15) is 40.0 Å². The van der Waals surface area contributed by atoms with Crippen LogP contribution >= 0.6 is 0 Å². The van der Waals surface area contributed by atoms with Crippen molar-refractivity contribution in [3.8, 4) is 0 Å². The summed E-state index contributed by atoms with van der Waals surface area (Å²) in [5.74, 6) is 0.242. The van der Waals surface area contributed by atoms with Crippen molar-refractivity contribution in [2.45, 2.75) is 40.0 Å². The van der Waals surface area contributed by atoms with Gasteiger partial charge in [-0.25, -0.2) is 0 Å². The predicted molar refractivity (Wildman–Crippen MR) is 44.0 cm³/mol. The van der Waals surface area contributed by atoms with Crippen LogP contribution in [0.15, 0.2) is 11.6 Å². The standard InChI is InChI=1S/C9H16O/c1-4-6-8(3)7-9(10)5-2/h7H,4-6H2,1-3H3/b8-7+. The van der Waals surface area contributed by atoms with E-state index in [4.69, 9.17) is 0 Å². The zero-order valence-corrected chi connectivity index (χ0v) is 7.11. The molecular formula is C9H16O. The quantitative estimate of drug-likeness (QED) is 0.549. The summed E-state index contributed by atoms with van der Waals surface area (Å²) in [5, 5.41) is 0. The zero-order valence-electron chi connectivity index (χ0n) is 7.11. The molecular weight excluding hydrogens is 124 g/mol. The highest BCUT2D eigenvalue weighted by molar-refractivity contribution is 5.89. The van der Waals surface area contributed by atoms with Gasteiger partial charge in [0.2, 0.25) is 0 Å². The Morgan fingerprint density at radius 1 is 1.40 bits per heavy atom. The van der Waals surface area contributed by atoms with Gasteiger partial charge in [-0.1, -0.05) is 25.8 Å². The van der Waals surface area contributed by atoms with Crippen molar-refractivity contribution in [2.75, 3.05) is 0 Å². The first-order chi connectivity index (χ1) is 4.70. The van der Waals surface area contributed by atoms with E-state index < -0.39 is 0 Å². The number of hydrogen-bond acceptors (Lipinski definition) is 1. The SMILES string of the molecule is CCC/C(C)=C/C(=O)CC. The van der Waals surface area contributed by atoms with Gasteiger partial charge in [0.15, 0.2) is 5.78 Å². The first-order valence-corrected chi connectivity index (χ1v) is 3.90. The maximum absolute atomic E-state index is 10.8. The zero-order chi connectivity index (χ0) is 7.98. The Kier molecular flexibility index (Phi) is 4.91. The Bertz CT molecular complexity index is 134. The summed E-state index contributed by atoms with van der Waals surface area (Å²) < 4.78 is 0. The average Bonchev–Trinajstić information content (AvgIpc) is 1.88. The topological polar surface area (TPSA) is 17.1 Å². The largest absolute Gasteiger partial charge is 0.295 e. The van der Waals surface area contributed by atoms with E-state index in [2.05, 4.69) is 6.92 Å². The molecule has 1 nitrogen and oxygen atoms in total. The van der Waals surface area contributed by atoms with Gasteiger partial charge in [0.05, 0.1) is 0 Å². The average molecular weight is 140 g/mol. The highest BCUT2D eigenvalue weighted by atomic mass is 16.1. The first-order valence-electron chi connectivity index (χ1n) is 3.90. The molecule has 0 unspecified atom stereocenters. The van der Waals surface area contributed by atoms with Crippen molar-refractivity contribution in [3.63, 3.8) is 0 Å². The summed E-state index contributed by atoms with van der Waals surface area (Å²) in [6, 6.07) is 0. The number of carbonyl (C=O) groups excluding carboxylic acids is 1. The fraction of sp³-hybridized carbons (Fsp3) is 0.667. The van der Waals surface area contributed by atoms with Crippen LogP contribution in [0.2, 0.25) is 0 Å². The third-order valence-electron chi connectivity index (χ3n) is 1.40. The number of allylic oxidation sites excluding steroid dienone is 2. The molecule has 1 heteroatoms. The van der Waals surface area contributed by atoms with Gasteiger partial charge < -0.3 is 0 Å². The molecule has 0 aromatic heterocycles. The van der Waals surface area contributed by atoms with E-state index in [0.29, 0.717) is 6.42 Å². The molecule has 0 aromatic rings. The van der Waals surface area contributed by atoms with Crippen molar-refractivity contribution < 1.29 is 4.79 Å². The lowest BCUT2D eigenvalue weighted by molar-refractivity contribution is -0.114. The fourth-order valence-electron chi connectivity index (χ4n) is 0.843. The highest BCUT2D eigenvalue weighted by Gasteiger charge is 1.92. The number of carbonyl (C=O) groups is 1. The van der Waals surface area contributed by atoms with Gasteiger partial charge in [-0.05, 0) is 19.4 Å². The third kappa shape index (κ3) is 4.30. The Balaban J connectivity index is 3.77. The molecule has 10 heavy (non-hydrogen) atoms. The van der Waals surface area contributed by atoms with Crippen LogP contribution in [-0.4, -0.2) is 5.78 Å². The maximum Gasteiger partial charge on any atom is 0.155 e. The van der Waals surface area contributed by atoms with Gasteiger partial charge in [0.1, 0.15) is 0 Å². The lowest BCUT2D eigenvalue weighted by atomic mass is 10.1. The normalized spacial score (nSPS) is 11.7. The van der Waals surface area contributed by atoms with Gasteiger partial charge >= 0.3 is 0 Å². The Labute approximate surface area is 63.1 Å². The van der Waals surface area contributed by atoms with Crippen LogP contribution in [0.4, 0.5) is 0 Å². The van der Waals surface area contributed by atoms with Crippen LogP contribution in [-0.2, 0) is 4.79 Å². The van der Waals surface area contributed by atoms with E-state index in [1.807, 2.05) is 13.8 Å². The Hall–Kier alpha value is -0.590. The molecule has 58 valence electrons. The molecule has 0 aliphatic carbocycles. The molecule has 0 rings (SSSR count). The van der Waals surface area contributed by atoms with Crippen molar-refractivity contribution in [3.05, 3.63) is 11.6 Å². The van der Waals surface area contributed by atoms with Crippen molar-refractivity contribution in [2.24, 2.45) is 0 Å². The molecule has 0 amide bonds. The summed E-state index contributed by atoms with van der Waals surface area (Å²) in [6.45, 7) is 6.02.